The molecule has 0 radical (unpaired) electrons. The molecule has 0 saturated carbocycles. The fourth-order valence-corrected chi connectivity index (χ4v) is 2.87. The molecule has 1 unspecified atom stereocenters. The third-order valence-corrected chi connectivity index (χ3v) is 3.92. The van der Waals surface area contributed by atoms with Crippen LogP contribution in [0.4, 0.5) is 5.82 Å². The summed E-state index contributed by atoms with van der Waals surface area (Å²) in [5.74, 6) is 3.78. The highest BCUT2D eigenvalue weighted by atomic mass is 32.2. The molecular formula is C12H19N3OS. The monoisotopic (exact) mass is 253 g/mol. The van der Waals surface area contributed by atoms with Crippen molar-refractivity contribution in [3.63, 3.8) is 0 Å². The van der Waals surface area contributed by atoms with Gasteiger partial charge in [-0.25, -0.2) is 9.97 Å². The second-order valence-corrected chi connectivity index (χ2v) is 5.18. The Kier molecular flexibility index (Phi) is 4.23. The van der Waals surface area contributed by atoms with Crippen LogP contribution in [0.3, 0.4) is 0 Å². The molecule has 4 nitrogen and oxygen atoms in total. The number of nitrogens with zero attached hydrogens (tertiary/aromatic N) is 2. The van der Waals surface area contributed by atoms with Crippen molar-refractivity contribution in [3.05, 3.63) is 17.1 Å². The topological polar surface area (TPSA) is 47.0 Å². The summed E-state index contributed by atoms with van der Waals surface area (Å²) in [5, 5.41) is 3.15. The lowest BCUT2D eigenvalue weighted by Gasteiger charge is -2.22. The number of aromatic nitrogens is 2. The van der Waals surface area contributed by atoms with Gasteiger partial charge in [-0.15, -0.1) is 0 Å². The number of anilines is 1. The Balaban J connectivity index is 2.31. The van der Waals surface area contributed by atoms with E-state index < -0.39 is 0 Å². The average Bonchev–Trinajstić information content (AvgIpc) is 2.38. The zero-order valence-electron chi connectivity index (χ0n) is 10.6. The standard InChI is InChI=1S/C12H19N3OS/c1-4-9-8(2)14-12(15-11(9)13-3)10-7-17-6-5-16-10/h10H,4-7H2,1-3H3,(H,13,14,15). The first-order valence-electron chi connectivity index (χ1n) is 6.00. The van der Waals surface area contributed by atoms with Crippen LogP contribution in [0.5, 0.6) is 0 Å². The molecule has 1 saturated heterocycles. The number of nitrogens with one attached hydrogen (secondary N) is 1. The largest absolute Gasteiger partial charge is 0.373 e. The molecule has 1 fully saturated rings. The molecule has 2 rings (SSSR count). The number of hydrogen-bond acceptors (Lipinski definition) is 5. The maximum Gasteiger partial charge on any atom is 0.160 e. The van der Waals surface area contributed by atoms with E-state index in [0.29, 0.717) is 0 Å². The van der Waals surface area contributed by atoms with Crippen LogP contribution < -0.4 is 5.32 Å². The van der Waals surface area contributed by atoms with E-state index in [1.165, 1.54) is 5.56 Å². The Morgan fingerprint density at radius 1 is 1.47 bits per heavy atom. The third kappa shape index (κ3) is 2.72. The van der Waals surface area contributed by atoms with Gasteiger partial charge in [-0.2, -0.15) is 11.8 Å². The molecule has 0 spiro atoms. The summed E-state index contributed by atoms with van der Waals surface area (Å²) in [7, 11) is 1.90. The van der Waals surface area contributed by atoms with E-state index in [1.807, 2.05) is 25.7 Å². The third-order valence-electron chi connectivity index (χ3n) is 2.93. The molecule has 1 aliphatic heterocycles. The molecule has 17 heavy (non-hydrogen) atoms. The Hall–Kier alpha value is -0.810. The first kappa shape index (κ1) is 12.6. The van der Waals surface area contributed by atoms with E-state index in [2.05, 4.69) is 22.2 Å². The normalized spacial score (nSPS) is 20.3. The van der Waals surface area contributed by atoms with Crippen molar-refractivity contribution in [2.75, 3.05) is 30.5 Å². The van der Waals surface area contributed by atoms with Crippen molar-refractivity contribution in [2.45, 2.75) is 26.4 Å². The summed E-state index contributed by atoms with van der Waals surface area (Å²) in [4.78, 5) is 9.17. The van der Waals surface area contributed by atoms with Crippen molar-refractivity contribution >= 4 is 17.6 Å². The maximum atomic E-state index is 5.72. The smallest absolute Gasteiger partial charge is 0.160 e. The Morgan fingerprint density at radius 2 is 2.29 bits per heavy atom. The van der Waals surface area contributed by atoms with Gasteiger partial charge in [0.2, 0.25) is 0 Å². The molecule has 1 aromatic rings. The molecule has 0 aromatic carbocycles. The number of aryl methyl sites for hydroxylation is 1. The van der Waals surface area contributed by atoms with Gasteiger partial charge in [0.1, 0.15) is 11.9 Å². The zero-order chi connectivity index (χ0) is 12.3. The van der Waals surface area contributed by atoms with Crippen LogP contribution in [0.1, 0.15) is 30.1 Å². The summed E-state index contributed by atoms with van der Waals surface area (Å²) in [6.45, 7) is 4.96. The molecular weight excluding hydrogens is 234 g/mol. The summed E-state index contributed by atoms with van der Waals surface area (Å²) >= 11 is 1.90. The number of ether oxygens (including phenoxy) is 1. The Bertz CT molecular complexity index is 392. The van der Waals surface area contributed by atoms with Crippen LogP contribution in [0.2, 0.25) is 0 Å². The highest BCUT2D eigenvalue weighted by Gasteiger charge is 2.21. The minimum Gasteiger partial charge on any atom is -0.373 e. The zero-order valence-corrected chi connectivity index (χ0v) is 11.4. The van der Waals surface area contributed by atoms with E-state index in [4.69, 9.17) is 4.74 Å². The molecule has 0 bridgehead atoms. The highest BCUT2D eigenvalue weighted by Crippen LogP contribution is 2.26. The lowest BCUT2D eigenvalue weighted by atomic mass is 10.1. The first-order chi connectivity index (χ1) is 8.26. The molecule has 0 amide bonds. The van der Waals surface area contributed by atoms with Crippen molar-refractivity contribution in [1.29, 1.82) is 0 Å². The van der Waals surface area contributed by atoms with Crippen LogP contribution in [0.15, 0.2) is 0 Å². The van der Waals surface area contributed by atoms with Gasteiger partial charge in [0.15, 0.2) is 5.82 Å². The summed E-state index contributed by atoms with van der Waals surface area (Å²) < 4.78 is 5.72. The van der Waals surface area contributed by atoms with Crippen molar-refractivity contribution in [1.82, 2.24) is 9.97 Å². The van der Waals surface area contributed by atoms with Crippen LogP contribution in [-0.4, -0.2) is 35.1 Å². The average molecular weight is 253 g/mol. The van der Waals surface area contributed by atoms with E-state index in [0.717, 1.165) is 41.9 Å². The van der Waals surface area contributed by atoms with Crippen LogP contribution >= 0.6 is 11.8 Å². The van der Waals surface area contributed by atoms with E-state index >= 15 is 0 Å². The minimum atomic E-state index is 0.0467. The fraction of sp³-hybridized carbons (Fsp3) is 0.667. The summed E-state index contributed by atoms with van der Waals surface area (Å²) in [6, 6.07) is 0. The first-order valence-corrected chi connectivity index (χ1v) is 7.16. The molecule has 2 heterocycles. The van der Waals surface area contributed by atoms with E-state index in [-0.39, 0.29) is 6.10 Å². The second kappa shape index (κ2) is 5.69. The summed E-state index contributed by atoms with van der Waals surface area (Å²) in [5.41, 5.74) is 2.25. The maximum absolute atomic E-state index is 5.72. The number of hydrogen-bond donors (Lipinski definition) is 1. The molecule has 0 aliphatic carbocycles. The quantitative estimate of drug-likeness (QED) is 0.894. The van der Waals surface area contributed by atoms with E-state index in [9.17, 15) is 0 Å². The predicted octanol–water partition coefficient (Wildman–Crippen LogP) is 2.19. The van der Waals surface area contributed by atoms with Crippen LogP contribution in [0, 0.1) is 6.92 Å². The van der Waals surface area contributed by atoms with Gasteiger partial charge in [0, 0.05) is 29.8 Å². The molecule has 1 aromatic heterocycles. The SMILES string of the molecule is CCc1c(C)nc(C2CSCCO2)nc1NC. The van der Waals surface area contributed by atoms with Crippen molar-refractivity contribution in [2.24, 2.45) is 0 Å². The van der Waals surface area contributed by atoms with Gasteiger partial charge in [-0.1, -0.05) is 6.92 Å². The van der Waals surface area contributed by atoms with Crippen molar-refractivity contribution in [3.8, 4) is 0 Å². The lowest BCUT2D eigenvalue weighted by molar-refractivity contribution is 0.0694. The summed E-state index contributed by atoms with van der Waals surface area (Å²) in [6.07, 6.45) is 0.994. The molecule has 1 atom stereocenters. The highest BCUT2D eigenvalue weighted by molar-refractivity contribution is 7.99. The van der Waals surface area contributed by atoms with Gasteiger partial charge in [-0.3, -0.25) is 0 Å². The van der Waals surface area contributed by atoms with Gasteiger partial charge in [0.05, 0.1) is 6.61 Å². The molecule has 94 valence electrons. The minimum absolute atomic E-state index is 0.0467. The Labute approximate surface area is 107 Å². The van der Waals surface area contributed by atoms with Crippen LogP contribution in [0.25, 0.3) is 0 Å². The molecule has 1 aliphatic rings. The van der Waals surface area contributed by atoms with E-state index in [1.54, 1.807) is 0 Å². The lowest BCUT2D eigenvalue weighted by Crippen LogP contribution is -2.19. The molecule has 1 N–H and O–H groups in total. The van der Waals surface area contributed by atoms with Gasteiger partial charge >= 0.3 is 0 Å². The second-order valence-electron chi connectivity index (χ2n) is 4.03. The number of rotatable bonds is 3. The Morgan fingerprint density at radius 3 is 2.88 bits per heavy atom. The predicted molar refractivity (Wildman–Crippen MR) is 71.7 cm³/mol. The van der Waals surface area contributed by atoms with Gasteiger partial charge in [0.25, 0.3) is 0 Å². The van der Waals surface area contributed by atoms with Gasteiger partial charge < -0.3 is 10.1 Å². The molecule has 5 heteroatoms. The van der Waals surface area contributed by atoms with Crippen LogP contribution in [-0.2, 0) is 11.2 Å². The number of thioether (sulfide) groups is 1. The van der Waals surface area contributed by atoms with Gasteiger partial charge in [-0.05, 0) is 13.3 Å². The van der Waals surface area contributed by atoms with Crippen molar-refractivity contribution < 1.29 is 4.74 Å². The fourth-order valence-electron chi connectivity index (χ4n) is 2.03.